The predicted molar refractivity (Wildman–Crippen MR) is 132 cm³/mol. The van der Waals surface area contributed by atoms with E-state index in [1.807, 2.05) is 24.3 Å². The molecule has 2 fully saturated rings. The number of rotatable bonds is 3. The second-order valence-electron chi connectivity index (χ2n) is 10.1. The minimum Gasteiger partial charge on any atom is -0.486 e. The zero-order valence-electron chi connectivity index (χ0n) is 19.0. The van der Waals surface area contributed by atoms with Crippen molar-refractivity contribution in [3.8, 4) is 11.5 Å². The van der Waals surface area contributed by atoms with E-state index in [9.17, 15) is 4.79 Å². The van der Waals surface area contributed by atoms with E-state index in [1.54, 1.807) is 0 Å². The highest BCUT2D eigenvalue weighted by atomic mass is 16.6. The second kappa shape index (κ2) is 7.79. The summed E-state index contributed by atoms with van der Waals surface area (Å²) >= 11 is 0. The fraction of sp³-hybridized carbons (Fsp3) is 0.345. The molecule has 5 heteroatoms. The Morgan fingerprint density at radius 1 is 0.882 bits per heavy atom. The van der Waals surface area contributed by atoms with Gasteiger partial charge in [0, 0.05) is 23.0 Å². The van der Waals surface area contributed by atoms with E-state index >= 15 is 0 Å². The van der Waals surface area contributed by atoms with Crippen LogP contribution in [0, 0.1) is 17.8 Å². The first-order valence-corrected chi connectivity index (χ1v) is 12.4. The van der Waals surface area contributed by atoms with Crippen LogP contribution in [0.4, 0.5) is 11.4 Å². The molecule has 7 rings (SSSR count). The molecule has 2 bridgehead atoms. The number of ether oxygens (including phenoxy) is 2. The van der Waals surface area contributed by atoms with E-state index < -0.39 is 0 Å². The van der Waals surface area contributed by atoms with Gasteiger partial charge in [-0.1, -0.05) is 30.3 Å². The molecule has 0 radical (unpaired) electrons. The molecule has 34 heavy (non-hydrogen) atoms. The molecule has 172 valence electrons. The fourth-order valence-electron chi connectivity index (χ4n) is 6.94. The summed E-state index contributed by atoms with van der Waals surface area (Å²) in [5.41, 5.74) is 5.29. The van der Waals surface area contributed by atoms with Crippen molar-refractivity contribution in [3.05, 3.63) is 83.4 Å². The van der Waals surface area contributed by atoms with E-state index in [2.05, 4.69) is 53.1 Å². The molecule has 5 atom stereocenters. The maximum atomic E-state index is 13.2. The van der Waals surface area contributed by atoms with Crippen molar-refractivity contribution in [3.63, 3.8) is 0 Å². The lowest BCUT2D eigenvalue weighted by atomic mass is 9.68. The highest BCUT2D eigenvalue weighted by Gasteiger charge is 2.53. The van der Waals surface area contributed by atoms with Crippen molar-refractivity contribution >= 4 is 17.3 Å². The summed E-state index contributed by atoms with van der Waals surface area (Å²) in [7, 11) is 0. The van der Waals surface area contributed by atoms with E-state index in [4.69, 9.17) is 9.47 Å². The van der Waals surface area contributed by atoms with Gasteiger partial charge in [0.25, 0.3) is 5.91 Å². The van der Waals surface area contributed by atoms with Crippen LogP contribution in [-0.4, -0.2) is 19.1 Å². The third kappa shape index (κ3) is 3.17. The Morgan fingerprint density at radius 3 is 2.59 bits per heavy atom. The highest BCUT2D eigenvalue weighted by molar-refractivity contribution is 6.05. The van der Waals surface area contributed by atoms with Crippen LogP contribution in [0.3, 0.4) is 0 Å². The summed E-state index contributed by atoms with van der Waals surface area (Å²) < 4.78 is 11.3. The first-order chi connectivity index (χ1) is 16.7. The predicted octanol–water partition coefficient (Wildman–Crippen LogP) is 6.01. The number of hydrogen-bond acceptors (Lipinski definition) is 4. The zero-order chi connectivity index (χ0) is 22.6. The van der Waals surface area contributed by atoms with Crippen LogP contribution >= 0.6 is 0 Å². The number of carbonyl (C=O) groups excluding carboxylic acids is 1. The molecule has 4 aliphatic rings. The number of anilines is 2. The van der Waals surface area contributed by atoms with Crippen LogP contribution in [0.15, 0.2) is 66.7 Å². The lowest BCUT2D eigenvalue weighted by molar-refractivity contribution is 0.102. The highest BCUT2D eigenvalue weighted by Crippen LogP contribution is 2.63. The fourth-order valence-corrected chi connectivity index (χ4v) is 6.94. The van der Waals surface area contributed by atoms with Crippen LogP contribution in [0.25, 0.3) is 0 Å². The average Bonchev–Trinajstić information content (AvgIpc) is 3.51. The topological polar surface area (TPSA) is 59.6 Å². The Bertz CT molecular complexity index is 1260. The second-order valence-corrected chi connectivity index (χ2v) is 10.1. The quantitative estimate of drug-likeness (QED) is 0.511. The number of nitrogens with one attached hydrogen (secondary N) is 2. The number of fused-ring (bicyclic) bond motifs is 8. The Balaban J connectivity index is 1.20. The molecule has 1 amide bonds. The standard InChI is InChI=1S/C29H28N2O3/c32-29(30-21-9-11-24-25(16-21)34-13-12-33-24)20-8-10-23-22(15-20)26-18-6-7-19(14-18)27(26)28(31-23)17-4-2-1-3-5-17/h1-5,8-11,15-16,18-19,26-28,31H,6-7,12-14H2,(H,30,32)/t18-,19-,26-,27-,28+/m0/s1. The molecule has 0 aromatic heterocycles. The maximum absolute atomic E-state index is 13.2. The minimum absolute atomic E-state index is 0.0932. The van der Waals surface area contributed by atoms with Gasteiger partial charge in [-0.05, 0) is 84.4 Å². The molecule has 2 aliphatic carbocycles. The van der Waals surface area contributed by atoms with Crippen LogP contribution in [-0.2, 0) is 0 Å². The van der Waals surface area contributed by atoms with Gasteiger partial charge in [-0.15, -0.1) is 0 Å². The Labute approximate surface area is 199 Å². The molecule has 2 aliphatic heterocycles. The van der Waals surface area contributed by atoms with E-state index in [0.29, 0.717) is 48.1 Å². The Morgan fingerprint density at radius 2 is 1.71 bits per heavy atom. The van der Waals surface area contributed by atoms with Gasteiger partial charge < -0.3 is 20.1 Å². The molecule has 0 saturated heterocycles. The van der Waals surface area contributed by atoms with Gasteiger partial charge in [0.1, 0.15) is 13.2 Å². The van der Waals surface area contributed by atoms with Gasteiger partial charge in [0.05, 0.1) is 6.04 Å². The number of amides is 1. The van der Waals surface area contributed by atoms with Gasteiger partial charge >= 0.3 is 0 Å². The van der Waals surface area contributed by atoms with Crippen LogP contribution < -0.4 is 20.1 Å². The van der Waals surface area contributed by atoms with Crippen molar-refractivity contribution in [2.75, 3.05) is 23.8 Å². The summed E-state index contributed by atoms with van der Waals surface area (Å²) in [6.07, 6.45) is 3.95. The molecular formula is C29H28N2O3. The molecular weight excluding hydrogens is 424 g/mol. The van der Waals surface area contributed by atoms with Gasteiger partial charge in [0.2, 0.25) is 0 Å². The number of hydrogen-bond donors (Lipinski definition) is 2. The lowest BCUT2D eigenvalue weighted by Gasteiger charge is -2.43. The molecule has 2 heterocycles. The third-order valence-corrected chi connectivity index (χ3v) is 8.31. The molecule has 2 N–H and O–H groups in total. The van der Waals surface area contributed by atoms with Gasteiger partial charge in [0.15, 0.2) is 11.5 Å². The average molecular weight is 453 g/mol. The first kappa shape index (κ1) is 20.0. The third-order valence-electron chi connectivity index (χ3n) is 8.31. The van der Waals surface area contributed by atoms with Gasteiger partial charge in [-0.2, -0.15) is 0 Å². The smallest absolute Gasteiger partial charge is 0.255 e. The molecule has 2 saturated carbocycles. The molecule has 5 nitrogen and oxygen atoms in total. The molecule has 0 spiro atoms. The van der Waals surface area contributed by atoms with Crippen molar-refractivity contribution in [1.82, 2.24) is 0 Å². The SMILES string of the molecule is O=C(Nc1ccc2c(c1)OCCO2)c1ccc2c(c1)[C@@H]1[C@H]3CC[C@@H](C3)[C@@H]1[C@@H](c1ccccc1)N2. The number of carbonyl (C=O) groups is 1. The monoisotopic (exact) mass is 452 g/mol. The van der Waals surface area contributed by atoms with Crippen molar-refractivity contribution in [2.24, 2.45) is 17.8 Å². The van der Waals surface area contributed by atoms with E-state index in [-0.39, 0.29) is 5.91 Å². The largest absolute Gasteiger partial charge is 0.486 e. The Kier molecular flexibility index (Phi) is 4.57. The Hall–Kier alpha value is -3.47. The van der Waals surface area contributed by atoms with Crippen molar-refractivity contribution in [1.29, 1.82) is 0 Å². The van der Waals surface area contributed by atoms with Gasteiger partial charge in [-0.25, -0.2) is 0 Å². The van der Waals surface area contributed by atoms with Crippen LogP contribution in [0.1, 0.15) is 52.7 Å². The lowest BCUT2D eigenvalue weighted by Crippen LogP contribution is -2.35. The van der Waals surface area contributed by atoms with Gasteiger partial charge in [-0.3, -0.25) is 4.79 Å². The van der Waals surface area contributed by atoms with Crippen LogP contribution in [0.5, 0.6) is 11.5 Å². The van der Waals surface area contributed by atoms with Crippen molar-refractivity contribution < 1.29 is 14.3 Å². The maximum Gasteiger partial charge on any atom is 0.255 e. The molecule has 0 unspecified atom stereocenters. The molecule has 3 aromatic rings. The summed E-state index contributed by atoms with van der Waals surface area (Å²) in [6.45, 7) is 1.08. The summed E-state index contributed by atoms with van der Waals surface area (Å²) in [4.78, 5) is 13.2. The van der Waals surface area contributed by atoms with E-state index in [1.165, 1.54) is 36.1 Å². The summed E-state index contributed by atoms with van der Waals surface area (Å²) in [6, 6.07) is 22.9. The first-order valence-electron chi connectivity index (χ1n) is 12.4. The zero-order valence-corrected chi connectivity index (χ0v) is 19.0. The summed E-state index contributed by atoms with van der Waals surface area (Å²) in [5, 5.41) is 6.91. The van der Waals surface area contributed by atoms with Crippen LogP contribution in [0.2, 0.25) is 0 Å². The number of benzene rings is 3. The summed E-state index contributed by atoms with van der Waals surface area (Å²) in [5.74, 6) is 3.89. The molecule has 3 aromatic carbocycles. The normalized spacial score (nSPS) is 27.9. The minimum atomic E-state index is -0.0932. The van der Waals surface area contributed by atoms with Crippen molar-refractivity contribution in [2.45, 2.75) is 31.2 Å². The van der Waals surface area contributed by atoms with E-state index in [0.717, 1.165) is 17.6 Å².